The zero-order valence-corrected chi connectivity index (χ0v) is 54.5. The Morgan fingerprint density at radius 2 is 1.60 bits per heavy atom. The fourth-order valence-corrected chi connectivity index (χ4v) is 12.9. The fourth-order valence-electron chi connectivity index (χ4n) is 10.8. The van der Waals surface area contributed by atoms with Crippen LogP contribution in [0.1, 0.15) is 49.1 Å². The van der Waals surface area contributed by atoms with Gasteiger partial charge in [-0.2, -0.15) is 0 Å². The summed E-state index contributed by atoms with van der Waals surface area (Å²) in [5.41, 5.74) is 16.1. The highest BCUT2D eigenvalue weighted by molar-refractivity contribution is 7.85. The van der Waals surface area contributed by atoms with Crippen molar-refractivity contribution in [2.24, 2.45) is 17.4 Å². The molecule has 93 heavy (non-hydrogen) atoms. The monoisotopic (exact) mass is 1330 g/mol. The van der Waals surface area contributed by atoms with Crippen LogP contribution in [0.4, 0.5) is 14.9 Å². The van der Waals surface area contributed by atoms with E-state index in [9.17, 15) is 36.5 Å². The summed E-state index contributed by atoms with van der Waals surface area (Å²) in [6.45, 7) is 8.97. The fraction of sp³-hybridized carbons (Fsp3) is 0.333. The first kappa shape index (κ1) is 68.5. The number of methoxy groups -OCH3 is 2. The number of primary amides is 1. The molecule has 0 unspecified atom stereocenters. The number of carbonyl (C=O) groups excluding carboxylic acids is 4. The van der Waals surface area contributed by atoms with E-state index in [1.165, 1.54) is 49.0 Å². The van der Waals surface area contributed by atoms with Crippen molar-refractivity contribution in [1.29, 1.82) is 0 Å². The maximum atomic E-state index is 14.5. The number of hydrogen-bond donors (Lipinski definition) is 5. The molecule has 0 radical (unpaired) electrons. The molecule has 7 N–H and O–H groups in total. The Morgan fingerprint density at radius 1 is 0.871 bits per heavy atom. The van der Waals surface area contributed by atoms with Crippen molar-refractivity contribution in [3.05, 3.63) is 155 Å². The Hall–Kier alpha value is -8.89. The van der Waals surface area contributed by atoms with Gasteiger partial charge in [0, 0.05) is 60.5 Å². The average molecular weight is 1330 g/mol. The third-order valence-corrected chi connectivity index (χ3v) is 18.6. The largest absolute Gasteiger partial charge is 0.744 e. The molecule has 0 bridgehead atoms. The van der Waals surface area contributed by atoms with Gasteiger partial charge in [-0.05, 0) is 103 Å². The van der Waals surface area contributed by atoms with Crippen molar-refractivity contribution in [2.45, 2.75) is 76.3 Å². The summed E-state index contributed by atoms with van der Waals surface area (Å²) in [6, 6.07) is 27.6. The number of likely N-dealkylation sites (N-methyl/N-ethyl adjacent to an activating group) is 1. The molecule has 5 aromatic carbocycles. The summed E-state index contributed by atoms with van der Waals surface area (Å²) in [5.74, 6) is -0.480. The molecule has 0 spiro atoms. The highest BCUT2D eigenvalue weighted by Crippen LogP contribution is 2.50. The number of ether oxygens (including phenoxy) is 5. The molecule has 1 fully saturated rings. The zero-order chi connectivity index (χ0) is 66.6. The number of thiophene rings is 1. The number of anilines is 1. The quantitative estimate of drug-likeness (QED) is 0.0133. The second-order valence-electron chi connectivity index (χ2n) is 23.0. The number of nitrogens with one attached hydrogen (secondary N) is 3. The van der Waals surface area contributed by atoms with Gasteiger partial charge in [-0.25, -0.2) is 42.3 Å². The highest BCUT2D eigenvalue weighted by atomic mass is 35.5. The lowest BCUT2D eigenvalue weighted by atomic mass is 9.96. The molecule has 1 aliphatic heterocycles. The minimum Gasteiger partial charge on any atom is -0.744 e. The van der Waals surface area contributed by atoms with Gasteiger partial charge in [-0.1, -0.05) is 80.0 Å². The standard InChI is InChI=1S/C66H73ClFN11O12S2/c1-39(2)58(69)62(81)77-49(14-11-26-72-66(70)83)61(80)76-45-22-19-43(54(35-45)93(84,85)86)36-79(4)31-28-78(29-32-79)30-33-89-52-24-23-47(40(3)57(52)67)55-56-63(73-38-74-64(56)92-59(55)41-17-20-44(68)21-18-41)91-53(65(82)88-6)34-42-12-7-9-15-50(42)90-37-46-25-27-71-60(75-46)48-13-8-10-16-51(48)87-5/h7-10,12-13,15-25,27,35,38-39,49,53,58H,11,14,26,28-34,36-37,69H2,1-6H3,(H5-,70,72,76,77,80,81,83,84,85,86)/t49-,53+,58-/m0/s1. The number of para-hydroxylation sites is 2. The molecular formula is C66H73ClFN11O12S2. The van der Waals surface area contributed by atoms with Crippen molar-refractivity contribution in [2.75, 3.05) is 72.5 Å². The number of esters is 1. The van der Waals surface area contributed by atoms with E-state index >= 15 is 0 Å². The maximum absolute atomic E-state index is 14.5. The number of fused-ring (bicyclic) bond motifs is 1. The third kappa shape index (κ3) is 17.2. The van der Waals surface area contributed by atoms with E-state index in [-0.39, 0.29) is 68.6 Å². The molecule has 27 heteroatoms. The molecule has 3 aromatic heterocycles. The third-order valence-electron chi connectivity index (χ3n) is 16.1. The number of nitrogens with zero attached hydrogens (tertiary/aromatic N) is 6. The van der Waals surface area contributed by atoms with Crippen molar-refractivity contribution >= 4 is 72.8 Å². The van der Waals surface area contributed by atoms with Gasteiger partial charge in [0.1, 0.15) is 70.1 Å². The Kier molecular flexibility index (Phi) is 22.6. The molecule has 4 heterocycles. The van der Waals surface area contributed by atoms with Crippen LogP contribution in [0.25, 0.3) is 43.2 Å². The van der Waals surface area contributed by atoms with Crippen molar-refractivity contribution in [3.8, 4) is 56.1 Å². The number of benzene rings is 5. The number of amides is 4. The summed E-state index contributed by atoms with van der Waals surface area (Å²) in [5, 5.41) is 8.53. The van der Waals surface area contributed by atoms with E-state index in [4.69, 9.17) is 51.7 Å². The van der Waals surface area contributed by atoms with Gasteiger partial charge >= 0.3 is 12.0 Å². The normalized spacial score (nSPS) is 14.2. The first-order valence-electron chi connectivity index (χ1n) is 29.9. The number of carbonyl (C=O) groups is 4. The molecule has 9 rings (SSSR count). The summed E-state index contributed by atoms with van der Waals surface area (Å²) >= 11 is 8.57. The lowest BCUT2D eigenvalue weighted by Crippen LogP contribution is -2.57. The van der Waals surface area contributed by atoms with Gasteiger partial charge in [-0.3, -0.25) is 14.5 Å². The molecular weight excluding hydrogens is 1260 g/mol. The predicted molar refractivity (Wildman–Crippen MR) is 349 cm³/mol. The summed E-state index contributed by atoms with van der Waals surface area (Å²) in [6.07, 6.45) is 2.14. The van der Waals surface area contributed by atoms with E-state index in [0.29, 0.717) is 114 Å². The second-order valence-corrected chi connectivity index (χ2v) is 25.7. The van der Waals surface area contributed by atoms with Crippen LogP contribution in [0, 0.1) is 18.7 Å². The smallest absolute Gasteiger partial charge is 0.347 e. The highest BCUT2D eigenvalue weighted by Gasteiger charge is 2.33. The van der Waals surface area contributed by atoms with Gasteiger partial charge in [0.25, 0.3) is 0 Å². The van der Waals surface area contributed by atoms with Crippen molar-refractivity contribution < 1.29 is 64.7 Å². The first-order valence-corrected chi connectivity index (χ1v) is 32.5. The lowest BCUT2D eigenvalue weighted by Gasteiger charge is -2.42. The minimum atomic E-state index is -5.02. The Labute approximate surface area is 547 Å². The van der Waals surface area contributed by atoms with E-state index in [2.05, 4.69) is 35.8 Å². The van der Waals surface area contributed by atoms with Gasteiger partial charge < -0.3 is 60.1 Å². The number of quaternary nitrogens is 1. The van der Waals surface area contributed by atoms with Crippen LogP contribution in [-0.2, 0) is 48.8 Å². The van der Waals surface area contributed by atoms with Crippen LogP contribution in [-0.4, -0.2) is 151 Å². The molecule has 490 valence electrons. The summed E-state index contributed by atoms with van der Waals surface area (Å²) in [4.78, 5) is 72.9. The Morgan fingerprint density at radius 3 is 2.31 bits per heavy atom. The number of nitrogens with two attached hydrogens (primary N) is 2. The minimum absolute atomic E-state index is 0.0146. The predicted octanol–water partition coefficient (Wildman–Crippen LogP) is 8.43. The number of urea groups is 1. The Balaban J connectivity index is 0.879. The van der Waals surface area contributed by atoms with E-state index in [1.54, 1.807) is 57.5 Å². The first-order chi connectivity index (χ1) is 44.5. The van der Waals surface area contributed by atoms with Gasteiger partial charge in [-0.15, -0.1) is 11.3 Å². The van der Waals surface area contributed by atoms with Crippen LogP contribution in [0.3, 0.4) is 0 Å². The molecule has 0 saturated carbocycles. The zero-order valence-electron chi connectivity index (χ0n) is 52.2. The Bertz CT molecular complexity index is 4120. The van der Waals surface area contributed by atoms with Gasteiger partial charge in [0.2, 0.25) is 23.8 Å². The topological polar surface area (TPSA) is 315 Å². The average Bonchev–Trinajstić information content (AvgIpc) is 1.62. The van der Waals surface area contributed by atoms with Crippen LogP contribution in [0.2, 0.25) is 5.02 Å². The number of piperazine rings is 1. The lowest BCUT2D eigenvalue weighted by molar-refractivity contribution is -0.926. The molecule has 23 nitrogen and oxygen atoms in total. The number of halogens is 2. The summed E-state index contributed by atoms with van der Waals surface area (Å²) in [7, 11) is -0.182. The maximum Gasteiger partial charge on any atom is 0.347 e. The van der Waals surface area contributed by atoms with E-state index < -0.39 is 62.8 Å². The molecule has 3 atom stereocenters. The SMILES string of the molecule is COC(=O)[C@@H](Cc1ccccc1OCc1ccnc(-c2ccccc2OC)n1)Oc1ncnc2sc(-c3ccc(F)cc3)c(-c3ccc(OCCN4CC[N+](C)(Cc5ccc(NC(=O)[C@H](CCCNC(N)=O)NC(=O)[C@@H](N)C(C)C)cc5S(=O)(=O)[O-])CC4)c(Cl)c3C)c12. The van der Waals surface area contributed by atoms with Crippen molar-refractivity contribution in [1.82, 2.24) is 35.5 Å². The second kappa shape index (κ2) is 30.7. The van der Waals surface area contributed by atoms with Gasteiger partial charge in [0.05, 0.1) is 67.0 Å². The van der Waals surface area contributed by atoms with Crippen LogP contribution >= 0.6 is 22.9 Å². The van der Waals surface area contributed by atoms with Crippen LogP contribution < -0.4 is 46.4 Å². The van der Waals surface area contributed by atoms with Crippen LogP contribution in [0.5, 0.6) is 23.1 Å². The van der Waals surface area contributed by atoms with Gasteiger partial charge in [0.15, 0.2) is 5.82 Å². The molecule has 1 aliphatic rings. The van der Waals surface area contributed by atoms with E-state index in [0.717, 1.165) is 11.6 Å². The van der Waals surface area contributed by atoms with Crippen molar-refractivity contribution in [3.63, 3.8) is 0 Å². The van der Waals surface area contributed by atoms with Crippen LogP contribution in [0.15, 0.2) is 127 Å². The molecule has 0 aliphatic carbocycles. The number of aromatic nitrogens is 4. The summed E-state index contributed by atoms with van der Waals surface area (Å²) < 4.78 is 83.5. The number of rotatable bonds is 28. The van der Waals surface area contributed by atoms with E-state index in [1.807, 2.05) is 62.5 Å². The molecule has 4 amide bonds. The molecule has 8 aromatic rings. The number of hydrogen-bond acceptors (Lipinski definition) is 19. The molecule has 1 saturated heterocycles.